The topological polar surface area (TPSA) is 30.5 Å². The minimum Gasteiger partial charge on any atom is -0.375 e. The van der Waals surface area contributed by atoms with Gasteiger partial charge in [-0.15, -0.1) is 0 Å². The number of ether oxygens (including phenoxy) is 2. The van der Waals surface area contributed by atoms with E-state index in [1.807, 2.05) is 0 Å². The second-order valence-corrected chi connectivity index (χ2v) is 5.62. The molecule has 100 valence electrons. The van der Waals surface area contributed by atoms with Gasteiger partial charge in [0, 0.05) is 6.04 Å². The molecule has 1 N–H and O–H groups in total. The maximum absolute atomic E-state index is 6.32. The van der Waals surface area contributed by atoms with E-state index in [9.17, 15) is 0 Å². The molecule has 0 amide bonds. The lowest BCUT2D eigenvalue weighted by atomic mass is 10.0. The fourth-order valence-corrected chi connectivity index (χ4v) is 3.29. The first-order chi connectivity index (χ1) is 8.19. The Kier molecular flexibility index (Phi) is 4.83. The highest BCUT2D eigenvalue weighted by Gasteiger charge is 2.32. The van der Waals surface area contributed by atoms with Crippen molar-refractivity contribution in [2.75, 3.05) is 6.54 Å². The van der Waals surface area contributed by atoms with Crippen molar-refractivity contribution in [2.45, 2.75) is 83.3 Å². The molecule has 0 aromatic heterocycles. The van der Waals surface area contributed by atoms with Crippen LogP contribution < -0.4 is 5.32 Å². The van der Waals surface area contributed by atoms with Crippen molar-refractivity contribution in [2.24, 2.45) is 0 Å². The summed E-state index contributed by atoms with van der Waals surface area (Å²) < 4.78 is 12.1. The van der Waals surface area contributed by atoms with Gasteiger partial charge in [0.15, 0.2) is 0 Å². The van der Waals surface area contributed by atoms with Crippen molar-refractivity contribution < 1.29 is 9.47 Å². The van der Waals surface area contributed by atoms with Crippen molar-refractivity contribution in [3.05, 3.63) is 0 Å². The molecule has 3 nitrogen and oxygen atoms in total. The minimum absolute atomic E-state index is 0.350. The number of rotatable bonds is 4. The van der Waals surface area contributed by atoms with E-state index in [0.717, 1.165) is 19.4 Å². The normalized spacial score (nSPS) is 42.9. The molecule has 3 heteroatoms. The van der Waals surface area contributed by atoms with E-state index in [0.29, 0.717) is 30.5 Å². The van der Waals surface area contributed by atoms with Crippen LogP contribution in [0.2, 0.25) is 0 Å². The molecular formula is C14H27NO2. The van der Waals surface area contributed by atoms with Crippen LogP contribution >= 0.6 is 0 Å². The lowest BCUT2D eigenvalue weighted by molar-refractivity contribution is -0.123. The largest absolute Gasteiger partial charge is 0.375 e. The van der Waals surface area contributed by atoms with Gasteiger partial charge in [0.05, 0.1) is 24.4 Å². The first-order valence-corrected chi connectivity index (χ1v) is 7.23. The second kappa shape index (κ2) is 6.17. The molecule has 1 saturated carbocycles. The summed E-state index contributed by atoms with van der Waals surface area (Å²) in [6, 6.07) is 0.577. The van der Waals surface area contributed by atoms with Crippen LogP contribution in [0.1, 0.15) is 52.9 Å². The minimum atomic E-state index is 0.350. The van der Waals surface area contributed by atoms with Gasteiger partial charge in [0.25, 0.3) is 0 Å². The van der Waals surface area contributed by atoms with Crippen LogP contribution in [0.5, 0.6) is 0 Å². The van der Waals surface area contributed by atoms with Gasteiger partial charge in [-0.25, -0.2) is 0 Å². The summed E-state index contributed by atoms with van der Waals surface area (Å²) in [6.45, 7) is 7.53. The average molecular weight is 241 g/mol. The maximum atomic E-state index is 6.32. The SMILES string of the molecule is CCNC1CCCC1OC1CC(C)OC(C)C1. The molecule has 17 heavy (non-hydrogen) atoms. The van der Waals surface area contributed by atoms with E-state index in [1.165, 1.54) is 19.3 Å². The first-order valence-electron chi connectivity index (χ1n) is 7.23. The molecule has 2 rings (SSSR count). The van der Waals surface area contributed by atoms with E-state index < -0.39 is 0 Å². The van der Waals surface area contributed by atoms with Gasteiger partial charge in [-0.3, -0.25) is 0 Å². The zero-order valence-corrected chi connectivity index (χ0v) is 11.4. The van der Waals surface area contributed by atoms with E-state index in [-0.39, 0.29) is 0 Å². The van der Waals surface area contributed by atoms with Crippen molar-refractivity contribution in [3.63, 3.8) is 0 Å². The molecule has 1 saturated heterocycles. The Hall–Kier alpha value is -0.120. The number of likely N-dealkylation sites (N-methyl/N-ethyl adjacent to an activating group) is 1. The van der Waals surface area contributed by atoms with Crippen LogP contribution in [0.25, 0.3) is 0 Å². The van der Waals surface area contributed by atoms with Crippen LogP contribution in [0.4, 0.5) is 0 Å². The lowest BCUT2D eigenvalue weighted by Gasteiger charge is -2.35. The molecule has 0 bridgehead atoms. The van der Waals surface area contributed by atoms with Crippen molar-refractivity contribution in [3.8, 4) is 0 Å². The third-order valence-electron chi connectivity index (χ3n) is 3.94. The van der Waals surface area contributed by atoms with E-state index in [2.05, 4.69) is 26.1 Å². The molecule has 4 unspecified atom stereocenters. The molecule has 1 aliphatic heterocycles. The highest BCUT2D eigenvalue weighted by Crippen LogP contribution is 2.28. The summed E-state index contributed by atoms with van der Waals surface area (Å²) >= 11 is 0. The van der Waals surface area contributed by atoms with Gasteiger partial charge >= 0.3 is 0 Å². The third-order valence-corrected chi connectivity index (χ3v) is 3.94. The van der Waals surface area contributed by atoms with E-state index in [4.69, 9.17) is 9.47 Å². The molecule has 2 aliphatic rings. The lowest BCUT2D eigenvalue weighted by Crippen LogP contribution is -2.42. The molecule has 2 fully saturated rings. The monoisotopic (exact) mass is 241 g/mol. The second-order valence-electron chi connectivity index (χ2n) is 5.62. The van der Waals surface area contributed by atoms with Gasteiger partial charge in [0.2, 0.25) is 0 Å². The predicted molar refractivity (Wildman–Crippen MR) is 69.2 cm³/mol. The van der Waals surface area contributed by atoms with Crippen LogP contribution in [-0.4, -0.2) is 37.0 Å². The summed E-state index contributed by atoms with van der Waals surface area (Å²) in [5.41, 5.74) is 0. The number of hydrogen-bond donors (Lipinski definition) is 1. The Morgan fingerprint density at radius 1 is 1.18 bits per heavy atom. The van der Waals surface area contributed by atoms with Gasteiger partial charge in [-0.2, -0.15) is 0 Å². The van der Waals surface area contributed by atoms with E-state index in [1.54, 1.807) is 0 Å². The Labute approximate surface area is 105 Å². The molecular weight excluding hydrogens is 214 g/mol. The Morgan fingerprint density at radius 3 is 2.53 bits per heavy atom. The zero-order valence-electron chi connectivity index (χ0n) is 11.4. The number of hydrogen-bond acceptors (Lipinski definition) is 3. The Morgan fingerprint density at radius 2 is 1.88 bits per heavy atom. The Balaban J connectivity index is 1.82. The summed E-state index contributed by atoms with van der Waals surface area (Å²) in [6.07, 6.45) is 7.43. The summed E-state index contributed by atoms with van der Waals surface area (Å²) in [5.74, 6) is 0. The van der Waals surface area contributed by atoms with Gasteiger partial charge in [0.1, 0.15) is 0 Å². The highest BCUT2D eigenvalue weighted by molar-refractivity contribution is 4.86. The fraction of sp³-hybridized carbons (Fsp3) is 1.00. The van der Waals surface area contributed by atoms with Crippen LogP contribution in [0.15, 0.2) is 0 Å². The molecule has 0 aromatic rings. The van der Waals surface area contributed by atoms with Crippen LogP contribution in [0.3, 0.4) is 0 Å². The predicted octanol–water partition coefficient (Wildman–Crippen LogP) is 2.49. The number of nitrogens with one attached hydrogen (secondary N) is 1. The molecule has 1 aliphatic carbocycles. The molecule has 4 atom stereocenters. The summed E-state index contributed by atoms with van der Waals surface area (Å²) in [5, 5.41) is 3.55. The summed E-state index contributed by atoms with van der Waals surface area (Å²) in [4.78, 5) is 0. The van der Waals surface area contributed by atoms with Crippen LogP contribution in [0, 0.1) is 0 Å². The van der Waals surface area contributed by atoms with Crippen molar-refractivity contribution >= 4 is 0 Å². The third kappa shape index (κ3) is 3.67. The molecule has 0 aromatic carbocycles. The molecule has 0 spiro atoms. The van der Waals surface area contributed by atoms with E-state index >= 15 is 0 Å². The zero-order chi connectivity index (χ0) is 12.3. The van der Waals surface area contributed by atoms with Gasteiger partial charge in [-0.1, -0.05) is 6.92 Å². The maximum Gasteiger partial charge on any atom is 0.0731 e. The average Bonchev–Trinajstić information content (AvgIpc) is 2.65. The summed E-state index contributed by atoms with van der Waals surface area (Å²) in [7, 11) is 0. The molecule has 0 radical (unpaired) electrons. The fourth-order valence-electron chi connectivity index (χ4n) is 3.29. The van der Waals surface area contributed by atoms with Crippen molar-refractivity contribution in [1.82, 2.24) is 5.32 Å². The smallest absolute Gasteiger partial charge is 0.0731 e. The van der Waals surface area contributed by atoms with Crippen molar-refractivity contribution in [1.29, 1.82) is 0 Å². The van der Waals surface area contributed by atoms with Gasteiger partial charge in [-0.05, 0) is 52.5 Å². The standard InChI is InChI=1S/C14H27NO2/c1-4-15-13-6-5-7-14(13)17-12-8-10(2)16-11(3)9-12/h10-15H,4-9H2,1-3H3. The van der Waals surface area contributed by atoms with Crippen LogP contribution in [-0.2, 0) is 9.47 Å². The first kappa shape index (κ1) is 13.3. The Bertz CT molecular complexity index is 224. The molecule has 1 heterocycles. The highest BCUT2D eigenvalue weighted by atomic mass is 16.5. The van der Waals surface area contributed by atoms with Gasteiger partial charge < -0.3 is 14.8 Å². The quantitative estimate of drug-likeness (QED) is 0.820.